The van der Waals surface area contributed by atoms with Gasteiger partial charge in [0.2, 0.25) is 0 Å². The number of pyridine rings is 1. The Morgan fingerprint density at radius 1 is 1.26 bits per heavy atom. The molecule has 0 bridgehead atoms. The van der Waals surface area contributed by atoms with Crippen LogP contribution in [0, 0.1) is 0 Å². The van der Waals surface area contributed by atoms with E-state index in [0.717, 1.165) is 17.6 Å². The van der Waals surface area contributed by atoms with E-state index in [-0.39, 0.29) is 0 Å². The molecule has 1 aromatic carbocycles. The molecule has 1 aliphatic heterocycles. The molecule has 1 aromatic heterocycles. The van der Waals surface area contributed by atoms with Crippen LogP contribution in [-0.4, -0.2) is 11.0 Å². The summed E-state index contributed by atoms with van der Waals surface area (Å²) >= 11 is 3.57. The molecule has 98 valence electrons. The Morgan fingerprint density at radius 2 is 2.11 bits per heavy atom. The second-order valence-electron chi connectivity index (χ2n) is 5.01. The van der Waals surface area contributed by atoms with Crippen LogP contribution in [0.4, 0.5) is 11.5 Å². The Balaban J connectivity index is 2.13. The molecule has 0 fully saturated rings. The van der Waals surface area contributed by atoms with Gasteiger partial charge < -0.3 is 4.90 Å². The third-order valence-corrected chi connectivity index (χ3v) is 4.37. The maximum atomic E-state index is 4.62. The zero-order chi connectivity index (χ0) is 13.2. The van der Waals surface area contributed by atoms with Crippen LogP contribution in [0.3, 0.4) is 0 Å². The lowest BCUT2D eigenvalue weighted by atomic mass is 9.96. The number of anilines is 2. The maximum absolute atomic E-state index is 4.62. The second-order valence-corrected chi connectivity index (χ2v) is 5.57. The van der Waals surface area contributed by atoms with Crippen LogP contribution in [0.1, 0.15) is 24.5 Å². The van der Waals surface area contributed by atoms with Crippen molar-refractivity contribution in [3.8, 4) is 0 Å². The molecule has 0 saturated carbocycles. The van der Waals surface area contributed by atoms with Crippen molar-refractivity contribution in [2.45, 2.75) is 31.1 Å². The van der Waals surface area contributed by atoms with Crippen LogP contribution in [0.15, 0.2) is 42.6 Å². The highest BCUT2D eigenvalue weighted by molar-refractivity contribution is 9.08. The van der Waals surface area contributed by atoms with E-state index < -0.39 is 0 Å². The molecule has 2 nitrogen and oxygen atoms in total. The summed E-state index contributed by atoms with van der Waals surface area (Å²) < 4.78 is 0. The molecule has 0 N–H and O–H groups in total. The highest BCUT2D eigenvalue weighted by Crippen LogP contribution is 2.37. The molecule has 1 atom stereocenters. The molecule has 19 heavy (non-hydrogen) atoms. The summed E-state index contributed by atoms with van der Waals surface area (Å²) in [4.78, 5) is 7.00. The van der Waals surface area contributed by atoms with Crippen LogP contribution < -0.4 is 4.90 Å². The first-order valence-electron chi connectivity index (χ1n) is 6.68. The molecule has 0 spiro atoms. The number of hydrogen-bond acceptors (Lipinski definition) is 2. The van der Waals surface area contributed by atoms with E-state index in [0.29, 0.717) is 6.04 Å². The lowest BCUT2D eigenvalue weighted by Gasteiger charge is -2.37. The number of nitrogens with zero attached hydrogens (tertiary/aromatic N) is 2. The van der Waals surface area contributed by atoms with E-state index in [2.05, 4.69) is 63.1 Å². The van der Waals surface area contributed by atoms with Crippen molar-refractivity contribution in [3.05, 3.63) is 53.7 Å². The molecule has 3 heteroatoms. The minimum absolute atomic E-state index is 0.489. The monoisotopic (exact) mass is 316 g/mol. The summed E-state index contributed by atoms with van der Waals surface area (Å²) in [5.41, 5.74) is 3.97. The zero-order valence-electron chi connectivity index (χ0n) is 11.0. The third-order valence-electron chi connectivity index (χ3n) is 3.76. The van der Waals surface area contributed by atoms with Gasteiger partial charge in [-0.2, -0.15) is 0 Å². The minimum Gasteiger partial charge on any atom is -0.323 e. The van der Waals surface area contributed by atoms with Crippen molar-refractivity contribution in [3.63, 3.8) is 0 Å². The van der Waals surface area contributed by atoms with Gasteiger partial charge in [0, 0.05) is 28.8 Å². The minimum atomic E-state index is 0.489. The average Bonchev–Trinajstić information content (AvgIpc) is 2.47. The first-order chi connectivity index (χ1) is 9.31. The van der Waals surface area contributed by atoms with E-state index >= 15 is 0 Å². The lowest BCUT2D eigenvalue weighted by Crippen LogP contribution is -2.34. The number of para-hydroxylation sites is 1. The molecule has 2 aromatic rings. The number of fused-ring (bicyclic) bond motifs is 1. The smallest absolute Gasteiger partial charge is 0.137 e. The molecule has 0 amide bonds. The van der Waals surface area contributed by atoms with Gasteiger partial charge in [0.1, 0.15) is 5.82 Å². The quantitative estimate of drug-likeness (QED) is 0.761. The molecule has 3 rings (SSSR count). The van der Waals surface area contributed by atoms with Gasteiger partial charge in [-0.1, -0.05) is 40.2 Å². The Labute approximate surface area is 122 Å². The summed E-state index contributed by atoms with van der Waals surface area (Å²) in [5, 5.41) is 0.835. The van der Waals surface area contributed by atoms with Crippen molar-refractivity contribution in [2.75, 3.05) is 4.90 Å². The van der Waals surface area contributed by atoms with Gasteiger partial charge in [0.05, 0.1) is 0 Å². The highest BCUT2D eigenvalue weighted by Gasteiger charge is 2.26. The molecule has 1 unspecified atom stereocenters. The average molecular weight is 317 g/mol. The SMILES string of the molecule is CC1CCc2ccccc2N1c1ncccc1CBr. The number of rotatable bonds is 2. The van der Waals surface area contributed by atoms with E-state index in [1.54, 1.807) is 0 Å². The lowest BCUT2D eigenvalue weighted by molar-refractivity contribution is 0.612. The summed E-state index contributed by atoms with van der Waals surface area (Å²) in [6, 6.07) is 13.3. The molecule has 0 saturated heterocycles. The molecule has 0 radical (unpaired) electrons. The second kappa shape index (κ2) is 5.33. The Kier molecular flexibility index (Phi) is 3.56. The summed E-state index contributed by atoms with van der Waals surface area (Å²) in [6.45, 7) is 2.28. The molecule has 0 aliphatic carbocycles. The van der Waals surface area contributed by atoms with E-state index in [1.165, 1.54) is 23.2 Å². The Hall–Kier alpha value is -1.35. The van der Waals surface area contributed by atoms with Gasteiger partial charge in [-0.25, -0.2) is 4.98 Å². The Morgan fingerprint density at radius 3 is 2.95 bits per heavy atom. The van der Waals surface area contributed by atoms with E-state index in [9.17, 15) is 0 Å². The van der Waals surface area contributed by atoms with Crippen molar-refractivity contribution in [2.24, 2.45) is 0 Å². The number of halogens is 1. The fourth-order valence-electron chi connectivity index (χ4n) is 2.76. The predicted octanol–water partition coefficient (Wildman–Crippen LogP) is 4.45. The van der Waals surface area contributed by atoms with Crippen LogP contribution in [-0.2, 0) is 11.8 Å². The number of aryl methyl sites for hydroxylation is 1. The fourth-order valence-corrected chi connectivity index (χ4v) is 3.20. The van der Waals surface area contributed by atoms with Crippen molar-refractivity contribution >= 4 is 27.4 Å². The largest absolute Gasteiger partial charge is 0.323 e. The molecule has 1 aliphatic rings. The summed E-state index contributed by atoms with van der Waals surface area (Å²) in [7, 11) is 0. The summed E-state index contributed by atoms with van der Waals surface area (Å²) in [6.07, 6.45) is 4.21. The van der Waals surface area contributed by atoms with Gasteiger partial charge in [0.15, 0.2) is 0 Å². The van der Waals surface area contributed by atoms with Crippen molar-refractivity contribution in [1.82, 2.24) is 4.98 Å². The first-order valence-corrected chi connectivity index (χ1v) is 7.80. The zero-order valence-corrected chi connectivity index (χ0v) is 12.6. The van der Waals surface area contributed by atoms with E-state index in [4.69, 9.17) is 0 Å². The number of aromatic nitrogens is 1. The number of benzene rings is 1. The maximum Gasteiger partial charge on any atom is 0.137 e. The van der Waals surface area contributed by atoms with Gasteiger partial charge in [0.25, 0.3) is 0 Å². The van der Waals surface area contributed by atoms with Crippen molar-refractivity contribution < 1.29 is 0 Å². The summed E-state index contributed by atoms with van der Waals surface area (Å²) in [5.74, 6) is 1.08. The number of hydrogen-bond donors (Lipinski definition) is 0. The van der Waals surface area contributed by atoms with Crippen LogP contribution in [0.5, 0.6) is 0 Å². The fraction of sp³-hybridized carbons (Fsp3) is 0.312. The highest BCUT2D eigenvalue weighted by atomic mass is 79.9. The van der Waals surface area contributed by atoms with Crippen molar-refractivity contribution in [1.29, 1.82) is 0 Å². The van der Waals surface area contributed by atoms with E-state index in [1.807, 2.05) is 12.3 Å². The topological polar surface area (TPSA) is 16.1 Å². The molecular weight excluding hydrogens is 300 g/mol. The van der Waals surface area contributed by atoms with Gasteiger partial charge in [-0.3, -0.25) is 0 Å². The molecule has 2 heterocycles. The number of alkyl halides is 1. The van der Waals surface area contributed by atoms with Crippen LogP contribution >= 0.6 is 15.9 Å². The Bertz CT molecular complexity index is 582. The van der Waals surface area contributed by atoms with Crippen LogP contribution in [0.2, 0.25) is 0 Å². The third kappa shape index (κ3) is 2.27. The van der Waals surface area contributed by atoms with Crippen LogP contribution in [0.25, 0.3) is 0 Å². The standard InChI is InChI=1S/C16H17BrN2/c1-12-8-9-13-5-2-3-7-15(13)19(12)16-14(11-17)6-4-10-18-16/h2-7,10,12H,8-9,11H2,1H3. The van der Waals surface area contributed by atoms with Gasteiger partial charge >= 0.3 is 0 Å². The molecular formula is C16H17BrN2. The first kappa shape index (κ1) is 12.7. The van der Waals surface area contributed by atoms with Gasteiger partial charge in [-0.05, 0) is 37.5 Å². The normalized spacial score (nSPS) is 18.2. The predicted molar refractivity (Wildman–Crippen MR) is 83.2 cm³/mol. The van der Waals surface area contributed by atoms with Gasteiger partial charge in [-0.15, -0.1) is 0 Å².